The Kier molecular flexibility index (Phi) is 5.85. The summed E-state index contributed by atoms with van der Waals surface area (Å²) in [6.45, 7) is -0.662. The van der Waals surface area contributed by atoms with Crippen molar-refractivity contribution in [2.24, 2.45) is 0 Å². The molecule has 9 heteroatoms. The second-order valence-corrected chi connectivity index (χ2v) is 5.44. The highest BCUT2D eigenvalue weighted by Crippen LogP contribution is 2.15. The number of imide groups is 1. The third-order valence-corrected chi connectivity index (χ3v) is 3.39. The fourth-order valence-corrected chi connectivity index (χ4v) is 2.08. The Balaban J connectivity index is 1.45. The molecule has 0 unspecified atom stereocenters. The van der Waals surface area contributed by atoms with Crippen molar-refractivity contribution in [3.8, 4) is 5.75 Å². The second-order valence-electron chi connectivity index (χ2n) is 5.44. The standard InChI is InChI=1S/C19H14FNO7/c20-12-3-5-13(6-4-12)26-10-14-7-8-16(28-14)19(24)27-11-17(22)21-18(23)15-2-1-9-25-15/h1-9H,10-11H2,(H,21,22,23). The highest BCUT2D eigenvalue weighted by molar-refractivity contribution is 6.03. The SMILES string of the molecule is O=C(COC(=O)c1ccc(COc2ccc(F)cc2)o1)NC(=O)c1ccco1. The van der Waals surface area contributed by atoms with E-state index in [-0.39, 0.29) is 23.9 Å². The maximum absolute atomic E-state index is 12.8. The van der Waals surface area contributed by atoms with Crippen LogP contribution in [0.5, 0.6) is 5.75 Å². The van der Waals surface area contributed by atoms with Crippen molar-refractivity contribution in [1.82, 2.24) is 5.32 Å². The molecule has 0 saturated carbocycles. The monoisotopic (exact) mass is 387 g/mol. The Hall–Kier alpha value is -3.88. The van der Waals surface area contributed by atoms with E-state index in [0.717, 1.165) is 0 Å². The summed E-state index contributed by atoms with van der Waals surface area (Å²) in [5.41, 5.74) is 0. The van der Waals surface area contributed by atoms with Gasteiger partial charge in [-0.15, -0.1) is 0 Å². The predicted octanol–water partition coefficient (Wildman–Crippen LogP) is 2.70. The molecule has 1 N–H and O–H groups in total. The lowest BCUT2D eigenvalue weighted by molar-refractivity contribution is -0.123. The Morgan fingerprint density at radius 3 is 2.50 bits per heavy atom. The summed E-state index contributed by atoms with van der Waals surface area (Å²) in [6.07, 6.45) is 1.29. The number of esters is 1. The number of hydrogen-bond acceptors (Lipinski definition) is 7. The van der Waals surface area contributed by atoms with E-state index in [1.165, 1.54) is 54.8 Å². The zero-order valence-corrected chi connectivity index (χ0v) is 14.3. The van der Waals surface area contributed by atoms with Crippen LogP contribution in [0.15, 0.2) is 63.6 Å². The van der Waals surface area contributed by atoms with Gasteiger partial charge in [0.15, 0.2) is 12.4 Å². The molecule has 3 aromatic rings. The van der Waals surface area contributed by atoms with E-state index in [9.17, 15) is 18.8 Å². The Morgan fingerprint density at radius 2 is 1.79 bits per heavy atom. The summed E-state index contributed by atoms with van der Waals surface area (Å²) < 4.78 is 33.1. The van der Waals surface area contributed by atoms with Gasteiger partial charge in [-0.05, 0) is 48.5 Å². The van der Waals surface area contributed by atoms with Crippen LogP contribution in [0.3, 0.4) is 0 Å². The van der Waals surface area contributed by atoms with Crippen molar-refractivity contribution in [1.29, 1.82) is 0 Å². The molecule has 28 heavy (non-hydrogen) atoms. The van der Waals surface area contributed by atoms with Gasteiger partial charge < -0.3 is 18.3 Å². The number of hydrogen-bond donors (Lipinski definition) is 1. The first-order valence-corrected chi connectivity index (χ1v) is 8.03. The number of rotatable bonds is 7. The van der Waals surface area contributed by atoms with Gasteiger partial charge in [0.2, 0.25) is 5.76 Å². The van der Waals surface area contributed by atoms with Gasteiger partial charge in [0, 0.05) is 0 Å². The summed E-state index contributed by atoms with van der Waals surface area (Å²) in [5, 5.41) is 2.01. The fraction of sp³-hybridized carbons (Fsp3) is 0.105. The zero-order chi connectivity index (χ0) is 19.9. The van der Waals surface area contributed by atoms with E-state index in [1.54, 1.807) is 0 Å². The number of carbonyl (C=O) groups excluding carboxylic acids is 3. The van der Waals surface area contributed by atoms with Gasteiger partial charge in [0.25, 0.3) is 11.8 Å². The number of nitrogens with one attached hydrogen (secondary N) is 1. The molecule has 8 nitrogen and oxygen atoms in total. The van der Waals surface area contributed by atoms with E-state index in [4.69, 9.17) is 18.3 Å². The summed E-state index contributed by atoms with van der Waals surface area (Å²) in [6, 6.07) is 11.1. The second kappa shape index (κ2) is 8.67. The minimum Gasteiger partial charge on any atom is -0.486 e. The van der Waals surface area contributed by atoms with Gasteiger partial charge >= 0.3 is 5.97 Å². The summed E-state index contributed by atoms with van der Waals surface area (Å²) in [5.74, 6) is -2.25. The van der Waals surface area contributed by atoms with E-state index in [2.05, 4.69) is 0 Å². The molecule has 0 atom stereocenters. The third-order valence-electron chi connectivity index (χ3n) is 3.39. The molecule has 3 rings (SSSR count). The molecule has 144 valence electrons. The van der Waals surface area contributed by atoms with Crippen LogP contribution in [0.1, 0.15) is 26.9 Å². The number of benzene rings is 1. The normalized spacial score (nSPS) is 10.3. The molecular formula is C19H14FNO7. The average Bonchev–Trinajstić information content (AvgIpc) is 3.37. The quantitative estimate of drug-likeness (QED) is 0.621. The minimum absolute atomic E-state index is 0.0110. The number of carbonyl (C=O) groups is 3. The largest absolute Gasteiger partial charge is 0.486 e. The Labute approximate surface area is 157 Å². The van der Waals surface area contributed by atoms with Crippen molar-refractivity contribution in [2.75, 3.05) is 6.61 Å². The number of halogens is 1. The first kappa shape index (κ1) is 18.9. The molecule has 0 bridgehead atoms. The van der Waals surface area contributed by atoms with Crippen LogP contribution in [0, 0.1) is 5.82 Å². The third kappa shape index (κ3) is 5.07. The summed E-state index contributed by atoms with van der Waals surface area (Å²) in [7, 11) is 0. The molecule has 0 radical (unpaired) electrons. The van der Waals surface area contributed by atoms with E-state index in [1.807, 2.05) is 5.32 Å². The van der Waals surface area contributed by atoms with Crippen LogP contribution < -0.4 is 10.1 Å². The van der Waals surface area contributed by atoms with Crippen molar-refractivity contribution < 1.29 is 37.1 Å². The predicted molar refractivity (Wildman–Crippen MR) is 90.9 cm³/mol. The molecule has 2 amide bonds. The molecule has 0 spiro atoms. The smallest absolute Gasteiger partial charge is 0.374 e. The molecule has 2 heterocycles. The van der Waals surface area contributed by atoms with Gasteiger partial charge in [-0.25, -0.2) is 9.18 Å². The molecule has 0 fully saturated rings. The van der Waals surface area contributed by atoms with Gasteiger partial charge in [-0.1, -0.05) is 0 Å². The van der Waals surface area contributed by atoms with Crippen molar-refractivity contribution in [3.63, 3.8) is 0 Å². The van der Waals surface area contributed by atoms with Gasteiger partial charge in [-0.2, -0.15) is 0 Å². The van der Waals surface area contributed by atoms with Crippen LogP contribution in [0.4, 0.5) is 4.39 Å². The van der Waals surface area contributed by atoms with Crippen LogP contribution in [0.2, 0.25) is 0 Å². The first-order valence-electron chi connectivity index (χ1n) is 8.03. The molecule has 0 aliphatic rings. The van der Waals surface area contributed by atoms with Crippen molar-refractivity contribution in [3.05, 3.63) is 77.9 Å². The van der Waals surface area contributed by atoms with Crippen LogP contribution in [-0.4, -0.2) is 24.4 Å². The average molecular weight is 387 g/mol. The lowest BCUT2D eigenvalue weighted by atomic mass is 10.3. The van der Waals surface area contributed by atoms with Crippen LogP contribution in [0.25, 0.3) is 0 Å². The fourth-order valence-electron chi connectivity index (χ4n) is 2.08. The van der Waals surface area contributed by atoms with E-state index < -0.39 is 24.4 Å². The minimum atomic E-state index is -0.881. The number of furan rings is 2. The maximum Gasteiger partial charge on any atom is 0.374 e. The highest BCUT2D eigenvalue weighted by Gasteiger charge is 2.17. The maximum atomic E-state index is 12.8. The van der Waals surface area contributed by atoms with E-state index >= 15 is 0 Å². The first-order chi connectivity index (χ1) is 13.5. The van der Waals surface area contributed by atoms with Crippen molar-refractivity contribution >= 4 is 17.8 Å². The number of ether oxygens (including phenoxy) is 2. The lowest BCUT2D eigenvalue weighted by Gasteiger charge is -2.04. The molecule has 0 aliphatic heterocycles. The molecule has 0 aliphatic carbocycles. The molecular weight excluding hydrogens is 373 g/mol. The Bertz CT molecular complexity index is 961. The van der Waals surface area contributed by atoms with Crippen molar-refractivity contribution in [2.45, 2.75) is 6.61 Å². The summed E-state index contributed by atoms with van der Waals surface area (Å²) >= 11 is 0. The van der Waals surface area contributed by atoms with Gasteiger partial charge in [-0.3, -0.25) is 14.9 Å². The highest BCUT2D eigenvalue weighted by atomic mass is 19.1. The van der Waals surface area contributed by atoms with Gasteiger partial charge in [0.05, 0.1) is 6.26 Å². The summed E-state index contributed by atoms with van der Waals surface area (Å²) in [4.78, 5) is 35.2. The number of amides is 2. The zero-order valence-electron chi connectivity index (χ0n) is 14.3. The van der Waals surface area contributed by atoms with E-state index in [0.29, 0.717) is 11.5 Å². The Morgan fingerprint density at radius 1 is 1.00 bits per heavy atom. The molecule has 0 saturated heterocycles. The van der Waals surface area contributed by atoms with Crippen LogP contribution in [-0.2, 0) is 16.1 Å². The molecule has 1 aromatic carbocycles. The lowest BCUT2D eigenvalue weighted by Crippen LogP contribution is -2.33. The van der Waals surface area contributed by atoms with Crippen LogP contribution >= 0.6 is 0 Å². The van der Waals surface area contributed by atoms with Gasteiger partial charge in [0.1, 0.15) is 23.9 Å². The molecule has 2 aromatic heterocycles. The topological polar surface area (TPSA) is 108 Å².